The summed E-state index contributed by atoms with van der Waals surface area (Å²) in [5.41, 5.74) is 0.915. The van der Waals surface area contributed by atoms with Crippen LogP contribution in [0.2, 0.25) is 0 Å². The standard InChI is InChI=1S/C16H17F3N2/c1-21(15-8-3-2-4-9-15)11-10-20-14-7-5-6-13(12-14)16(17,18)19/h2-9,12,20H,10-11H2,1H3. The average Bonchev–Trinajstić information content (AvgIpc) is 2.47. The second-order valence-corrected chi connectivity index (χ2v) is 4.76. The Bertz CT molecular complexity index is 567. The molecule has 112 valence electrons. The van der Waals surface area contributed by atoms with E-state index in [0.717, 1.165) is 17.8 Å². The summed E-state index contributed by atoms with van der Waals surface area (Å²) in [5.74, 6) is 0. The minimum absolute atomic E-state index is 0.478. The summed E-state index contributed by atoms with van der Waals surface area (Å²) in [6.45, 7) is 1.26. The molecule has 0 atom stereocenters. The highest BCUT2D eigenvalue weighted by Crippen LogP contribution is 2.30. The second-order valence-electron chi connectivity index (χ2n) is 4.76. The minimum Gasteiger partial charge on any atom is -0.383 e. The molecule has 0 aromatic heterocycles. The number of alkyl halides is 3. The van der Waals surface area contributed by atoms with Crippen LogP contribution in [-0.4, -0.2) is 20.1 Å². The molecule has 0 saturated heterocycles. The molecule has 2 aromatic rings. The summed E-state index contributed by atoms with van der Waals surface area (Å²) in [6, 6.07) is 15.1. The molecule has 0 bridgehead atoms. The predicted octanol–water partition coefficient (Wildman–Crippen LogP) is 4.25. The number of likely N-dealkylation sites (N-methyl/N-ethyl adjacent to an activating group) is 1. The van der Waals surface area contributed by atoms with Crippen molar-refractivity contribution in [3.8, 4) is 0 Å². The maximum atomic E-state index is 12.6. The van der Waals surface area contributed by atoms with Crippen LogP contribution in [0.25, 0.3) is 0 Å². The quantitative estimate of drug-likeness (QED) is 0.886. The molecule has 1 N–H and O–H groups in total. The molecule has 0 aliphatic rings. The van der Waals surface area contributed by atoms with Gasteiger partial charge in [-0.05, 0) is 30.3 Å². The molecular formula is C16H17F3N2. The van der Waals surface area contributed by atoms with Crippen LogP contribution in [0.3, 0.4) is 0 Å². The summed E-state index contributed by atoms with van der Waals surface area (Å²) in [5, 5.41) is 3.02. The fourth-order valence-corrected chi connectivity index (χ4v) is 1.99. The summed E-state index contributed by atoms with van der Waals surface area (Å²) < 4.78 is 37.8. The van der Waals surface area contributed by atoms with Crippen molar-refractivity contribution in [3.05, 3.63) is 60.2 Å². The highest BCUT2D eigenvalue weighted by Gasteiger charge is 2.30. The van der Waals surface area contributed by atoms with Crippen molar-refractivity contribution < 1.29 is 13.2 Å². The van der Waals surface area contributed by atoms with Gasteiger partial charge in [0.05, 0.1) is 5.56 Å². The Hall–Kier alpha value is -2.17. The number of halogens is 3. The molecular weight excluding hydrogens is 277 g/mol. The van der Waals surface area contributed by atoms with Gasteiger partial charge in [0.25, 0.3) is 0 Å². The zero-order valence-electron chi connectivity index (χ0n) is 11.7. The fourth-order valence-electron chi connectivity index (χ4n) is 1.99. The van der Waals surface area contributed by atoms with Crippen LogP contribution in [0.5, 0.6) is 0 Å². The van der Waals surface area contributed by atoms with E-state index in [2.05, 4.69) is 5.32 Å². The van der Waals surface area contributed by atoms with Gasteiger partial charge < -0.3 is 10.2 Å². The largest absolute Gasteiger partial charge is 0.416 e. The van der Waals surface area contributed by atoms with E-state index < -0.39 is 11.7 Å². The van der Waals surface area contributed by atoms with Gasteiger partial charge in [-0.15, -0.1) is 0 Å². The average molecular weight is 294 g/mol. The molecule has 0 radical (unpaired) electrons. The van der Waals surface area contributed by atoms with Gasteiger partial charge in [-0.25, -0.2) is 0 Å². The third-order valence-corrected chi connectivity index (χ3v) is 3.16. The van der Waals surface area contributed by atoms with Crippen molar-refractivity contribution in [2.24, 2.45) is 0 Å². The van der Waals surface area contributed by atoms with Crippen molar-refractivity contribution in [2.45, 2.75) is 6.18 Å². The van der Waals surface area contributed by atoms with E-state index in [1.165, 1.54) is 6.07 Å². The molecule has 0 amide bonds. The zero-order chi connectivity index (χ0) is 15.3. The van der Waals surface area contributed by atoms with Crippen molar-refractivity contribution in [1.82, 2.24) is 0 Å². The summed E-state index contributed by atoms with van der Waals surface area (Å²) >= 11 is 0. The lowest BCUT2D eigenvalue weighted by Gasteiger charge is -2.20. The summed E-state index contributed by atoms with van der Waals surface area (Å²) in [6.07, 6.45) is -4.31. The Labute approximate surface area is 122 Å². The SMILES string of the molecule is CN(CCNc1cccc(C(F)(F)F)c1)c1ccccc1. The molecule has 0 heterocycles. The number of nitrogens with one attached hydrogen (secondary N) is 1. The summed E-state index contributed by atoms with van der Waals surface area (Å²) in [4.78, 5) is 2.04. The molecule has 0 aliphatic carbocycles. The van der Waals surface area contributed by atoms with Gasteiger partial charge in [-0.2, -0.15) is 13.2 Å². The Morgan fingerprint density at radius 2 is 1.71 bits per heavy atom. The van der Waals surface area contributed by atoms with E-state index >= 15 is 0 Å². The van der Waals surface area contributed by atoms with Crippen LogP contribution < -0.4 is 10.2 Å². The van der Waals surface area contributed by atoms with E-state index in [4.69, 9.17) is 0 Å². The Morgan fingerprint density at radius 3 is 2.38 bits per heavy atom. The molecule has 0 saturated carbocycles. The molecule has 2 rings (SSSR count). The number of rotatable bonds is 5. The molecule has 0 fully saturated rings. The third-order valence-electron chi connectivity index (χ3n) is 3.16. The van der Waals surface area contributed by atoms with Crippen LogP contribution in [-0.2, 0) is 6.18 Å². The van der Waals surface area contributed by atoms with E-state index in [0.29, 0.717) is 18.8 Å². The van der Waals surface area contributed by atoms with Gasteiger partial charge in [0.2, 0.25) is 0 Å². The van der Waals surface area contributed by atoms with Crippen molar-refractivity contribution in [3.63, 3.8) is 0 Å². The first kappa shape index (κ1) is 15.2. The van der Waals surface area contributed by atoms with Crippen LogP contribution in [0.1, 0.15) is 5.56 Å². The van der Waals surface area contributed by atoms with Crippen LogP contribution in [0, 0.1) is 0 Å². The smallest absolute Gasteiger partial charge is 0.383 e. The molecule has 0 unspecified atom stereocenters. The van der Waals surface area contributed by atoms with Gasteiger partial charge >= 0.3 is 6.18 Å². The van der Waals surface area contributed by atoms with Crippen LogP contribution >= 0.6 is 0 Å². The lowest BCUT2D eigenvalue weighted by molar-refractivity contribution is -0.137. The molecule has 5 heteroatoms. The number of hydrogen-bond acceptors (Lipinski definition) is 2. The zero-order valence-corrected chi connectivity index (χ0v) is 11.7. The second kappa shape index (κ2) is 6.52. The fraction of sp³-hybridized carbons (Fsp3) is 0.250. The first-order valence-electron chi connectivity index (χ1n) is 6.64. The first-order chi connectivity index (χ1) is 9.97. The molecule has 21 heavy (non-hydrogen) atoms. The Balaban J connectivity index is 1.89. The van der Waals surface area contributed by atoms with Crippen molar-refractivity contribution in [1.29, 1.82) is 0 Å². The van der Waals surface area contributed by atoms with Gasteiger partial charge in [-0.1, -0.05) is 24.3 Å². The number of nitrogens with zero attached hydrogens (tertiary/aromatic N) is 1. The number of hydrogen-bond donors (Lipinski definition) is 1. The molecule has 2 nitrogen and oxygen atoms in total. The number of anilines is 2. The summed E-state index contributed by atoms with van der Waals surface area (Å²) in [7, 11) is 1.95. The topological polar surface area (TPSA) is 15.3 Å². The Morgan fingerprint density at radius 1 is 1.00 bits per heavy atom. The van der Waals surface area contributed by atoms with Crippen molar-refractivity contribution >= 4 is 11.4 Å². The van der Waals surface area contributed by atoms with Gasteiger partial charge in [0.1, 0.15) is 0 Å². The predicted molar refractivity (Wildman–Crippen MR) is 79.6 cm³/mol. The maximum Gasteiger partial charge on any atom is 0.416 e. The lowest BCUT2D eigenvalue weighted by Crippen LogP contribution is -2.24. The normalized spacial score (nSPS) is 11.2. The van der Waals surface area contributed by atoms with E-state index in [1.807, 2.05) is 42.3 Å². The van der Waals surface area contributed by atoms with Gasteiger partial charge in [-0.3, -0.25) is 0 Å². The monoisotopic (exact) mass is 294 g/mol. The highest BCUT2D eigenvalue weighted by atomic mass is 19.4. The van der Waals surface area contributed by atoms with Gasteiger partial charge in [0.15, 0.2) is 0 Å². The molecule has 0 aliphatic heterocycles. The molecule has 2 aromatic carbocycles. The highest BCUT2D eigenvalue weighted by molar-refractivity contribution is 5.48. The third kappa shape index (κ3) is 4.41. The lowest BCUT2D eigenvalue weighted by atomic mass is 10.2. The number of para-hydroxylation sites is 1. The number of benzene rings is 2. The van der Waals surface area contributed by atoms with E-state index in [9.17, 15) is 13.2 Å². The van der Waals surface area contributed by atoms with E-state index in [-0.39, 0.29) is 0 Å². The molecule has 0 spiro atoms. The van der Waals surface area contributed by atoms with Crippen LogP contribution in [0.15, 0.2) is 54.6 Å². The minimum atomic E-state index is -4.31. The Kier molecular flexibility index (Phi) is 4.73. The van der Waals surface area contributed by atoms with Gasteiger partial charge in [0, 0.05) is 31.5 Å². The van der Waals surface area contributed by atoms with Crippen LogP contribution in [0.4, 0.5) is 24.5 Å². The van der Waals surface area contributed by atoms with Crippen molar-refractivity contribution in [2.75, 3.05) is 30.4 Å². The van der Waals surface area contributed by atoms with E-state index in [1.54, 1.807) is 6.07 Å². The first-order valence-corrected chi connectivity index (χ1v) is 6.64. The maximum absolute atomic E-state index is 12.6.